The Balaban J connectivity index is 2.32. The van der Waals surface area contributed by atoms with Crippen LogP contribution in [0.5, 0.6) is 0 Å². The molecule has 0 N–H and O–H groups in total. The molecule has 5 nitrogen and oxygen atoms in total. The third-order valence-corrected chi connectivity index (χ3v) is 3.04. The first-order valence-corrected chi connectivity index (χ1v) is 5.84. The molecule has 5 heteroatoms. The molecule has 0 bridgehead atoms. The summed E-state index contributed by atoms with van der Waals surface area (Å²) in [6.45, 7) is 1.91. The van der Waals surface area contributed by atoms with Crippen molar-refractivity contribution in [3.05, 3.63) is 64.5 Å². The lowest BCUT2D eigenvalue weighted by Crippen LogP contribution is -1.99. The highest BCUT2D eigenvalue weighted by Crippen LogP contribution is 2.27. The van der Waals surface area contributed by atoms with Gasteiger partial charge in [0.15, 0.2) is 0 Å². The van der Waals surface area contributed by atoms with Crippen molar-refractivity contribution >= 4 is 16.7 Å². The maximum Gasteiger partial charge on any atom is 0.293 e. The largest absolute Gasteiger partial charge is 0.293 e. The van der Waals surface area contributed by atoms with E-state index in [0.717, 1.165) is 16.6 Å². The van der Waals surface area contributed by atoms with Gasteiger partial charge in [-0.25, -0.2) is 4.98 Å². The zero-order valence-electron chi connectivity index (χ0n) is 10.3. The number of aromatic nitrogens is 2. The SMILES string of the molecule is Cc1ccc([N+](=O)[O-])c(-n2cnc3ccccc32)c1. The molecule has 0 unspecified atom stereocenters. The molecule has 0 aliphatic carbocycles. The van der Waals surface area contributed by atoms with Gasteiger partial charge in [-0.3, -0.25) is 14.7 Å². The van der Waals surface area contributed by atoms with Crippen molar-refractivity contribution in [3.63, 3.8) is 0 Å². The number of nitro groups is 1. The predicted molar refractivity (Wildman–Crippen MR) is 72.5 cm³/mol. The van der Waals surface area contributed by atoms with Crippen molar-refractivity contribution in [2.24, 2.45) is 0 Å². The molecule has 0 radical (unpaired) electrons. The van der Waals surface area contributed by atoms with Gasteiger partial charge in [0.1, 0.15) is 12.0 Å². The number of hydrogen-bond acceptors (Lipinski definition) is 3. The number of nitrogens with zero attached hydrogens (tertiary/aromatic N) is 3. The summed E-state index contributed by atoms with van der Waals surface area (Å²) in [5.74, 6) is 0. The minimum atomic E-state index is -0.371. The number of fused-ring (bicyclic) bond motifs is 1. The summed E-state index contributed by atoms with van der Waals surface area (Å²) in [5.41, 5.74) is 3.26. The fraction of sp³-hybridized carbons (Fsp3) is 0.0714. The van der Waals surface area contributed by atoms with Crippen LogP contribution in [0.3, 0.4) is 0 Å². The second-order valence-corrected chi connectivity index (χ2v) is 4.35. The van der Waals surface area contributed by atoms with Gasteiger partial charge in [0, 0.05) is 6.07 Å². The van der Waals surface area contributed by atoms with Crippen LogP contribution in [0.25, 0.3) is 16.7 Å². The van der Waals surface area contributed by atoms with Gasteiger partial charge in [-0.1, -0.05) is 18.2 Å². The quantitative estimate of drug-likeness (QED) is 0.520. The van der Waals surface area contributed by atoms with Gasteiger partial charge < -0.3 is 0 Å². The van der Waals surface area contributed by atoms with Crippen molar-refractivity contribution in [2.45, 2.75) is 6.92 Å². The molecule has 0 fully saturated rings. The van der Waals surface area contributed by atoms with Crippen LogP contribution in [0.1, 0.15) is 5.56 Å². The van der Waals surface area contributed by atoms with E-state index in [9.17, 15) is 10.1 Å². The smallest absolute Gasteiger partial charge is 0.293 e. The van der Waals surface area contributed by atoms with E-state index in [1.165, 1.54) is 6.07 Å². The van der Waals surface area contributed by atoms with Crippen LogP contribution in [0.4, 0.5) is 5.69 Å². The van der Waals surface area contributed by atoms with Crippen molar-refractivity contribution in [1.82, 2.24) is 9.55 Å². The Morgan fingerprint density at radius 3 is 2.79 bits per heavy atom. The summed E-state index contributed by atoms with van der Waals surface area (Å²) in [4.78, 5) is 15.0. The molecule has 0 saturated carbocycles. The number of aryl methyl sites for hydroxylation is 1. The summed E-state index contributed by atoms with van der Waals surface area (Å²) in [7, 11) is 0. The summed E-state index contributed by atoms with van der Waals surface area (Å²) < 4.78 is 1.75. The van der Waals surface area contributed by atoms with E-state index < -0.39 is 0 Å². The van der Waals surface area contributed by atoms with Gasteiger partial charge in [0.25, 0.3) is 5.69 Å². The Morgan fingerprint density at radius 2 is 2.00 bits per heavy atom. The second kappa shape index (κ2) is 4.20. The van der Waals surface area contributed by atoms with E-state index in [0.29, 0.717) is 5.69 Å². The molecule has 0 aliphatic rings. The van der Waals surface area contributed by atoms with E-state index in [1.54, 1.807) is 23.0 Å². The average molecular weight is 253 g/mol. The fourth-order valence-corrected chi connectivity index (χ4v) is 2.13. The van der Waals surface area contributed by atoms with Gasteiger partial charge in [-0.05, 0) is 30.7 Å². The molecule has 94 valence electrons. The van der Waals surface area contributed by atoms with Crippen molar-refractivity contribution < 1.29 is 4.92 Å². The fourth-order valence-electron chi connectivity index (χ4n) is 2.13. The lowest BCUT2D eigenvalue weighted by Gasteiger charge is -2.06. The van der Waals surface area contributed by atoms with Crippen molar-refractivity contribution in [1.29, 1.82) is 0 Å². The Bertz CT molecular complexity index is 777. The molecule has 0 aliphatic heterocycles. The normalized spacial score (nSPS) is 10.8. The van der Waals surface area contributed by atoms with Crippen LogP contribution in [-0.2, 0) is 0 Å². The highest BCUT2D eigenvalue weighted by Gasteiger charge is 2.16. The number of imidazole rings is 1. The van der Waals surface area contributed by atoms with Crippen LogP contribution < -0.4 is 0 Å². The summed E-state index contributed by atoms with van der Waals surface area (Å²) >= 11 is 0. The first-order valence-electron chi connectivity index (χ1n) is 5.84. The van der Waals surface area contributed by atoms with Gasteiger partial charge in [-0.2, -0.15) is 0 Å². The molecule has 1 heterocycles. The molecule has 1 aromatic heterocycles. The van der Waals surface area contributed by atoms with Crippen molar-refractivity contribution in [2.75, 3.05) is 0 Å². The van der Waals surface area contributed by atoms with Gasteiger partial charge >= 0.3 is 0 Å². The van der Waals surface area contributed by atoms with Crippen molar-refractivity contribution in [3.8, 4) is 5.69 Å². The maximum absolute atomic E-state index is 11.1. The second-order valence-electron chi connectivity index (χ2n) is 4.35. The third kappa shape index (κ3) is 1.85. The highest BCUT2D eigenvalue weighted by molar-refractivity contribution is 5.78. The predicted octanol–water partition coefficient (Wildman–Crippen LogP) is 3.24. The zero-order chi connectivity index (χ0) is 13.4. The van der Waals surface area contributed by atoms with Gasteiger partial charge in [0.05, 0.1) is 16.0 Å². The van der Waals surface area contributed by atoms with Crippen LogP contribution in [-0.4, -0.2) is 14.5 Å². The summed E-state index contributed by atoms with van der Waals surface area (Å²) in [5, 5.41) is 11.1. The molecule has 3 rings (SSSR count). The van der Waals surface area contributed by atoms with E-state index in [2.05, 4.69) is 4.98 Å². The molecule has 0 amide bonds. The number of rotatable bonds is 2. The molecule has 2 aromatic carbocycles. The van der Waals surface area contributed by atoms with Crippen LogP contribution in [0.2, 0.25) is 0 Å². The number of nitro benzene ring substituents is 1. The molecule has 0 saturated heterocycles. The molecular formula is C14H11N3O2. The molecule has 0 spiro atoms. The molecular weight excluding hydrogens is 242 g/mol. The van der Waals surface area contributed by atoms with Gasteiger partial charge in [0.2, 0.25) is 0 Å². The zero-order valence-corrected chi connectivity index (χ0v) is 10.3. The first kappa shape index (κ1) is 11.4. The number of para-hydroxylation sites is 2. The Labute approximate surface area is 109 Å². The van der Waals surface area contributed by atoms with Gasteiger partial charge in [-0.15, -0.1) is 0 Å². The Kier molecular flexibility index (Phi) is 2.52. The standard InChI is InChI=1S/C14H11N3O2/c1-10-6-7-13(17(18)19)14(8-10)16-9-15-11-4-2-3-5-12(11)16/h2-9H,1H3. The Morgan fingerprint density at radius 1 is 1.21 bits per heavy atom. The van der Waals surface area contributed by atoms with Crippen LogP contribution >= 0.6 is 0 Å². The molecule has 19 heavy (non-hydrogen) atoms. The third-order valence-electron chi connectivity index (χ3n) is 3.04. The lowest BCUT2D eigenvalue weighted by molar-refractivity contribution is -0.384. The first-order chi connectivity index (χ1) is 9.16. The number of benzene rings is 2. The molecule has 3 aromatic rings. The highest BCUT2D eigenvalue weighted by atomic mass is 16.6. The van der Waals surface area contributed by atoms with E-state index in [-0.39, 0.29) is 10.6 Å². The van der Waals surface area contributed by atoms with Crippen LogP contribution in [0.15, 0.2) is 48.8 Å². The minimum Gasteiger partial charge on any atom is -0.293 e. The maximum atomic E-state index is 11.1. The van der Waals surface area contributed by atoms with E-state index in [1.807, 2.05) is 31.2 Å². The topological polar surface area (TPSA) is 61.0 Å². The monoisotopic (exact) mass is 253 g/mol. The van der Waals surface area contributed by atoms with E-state index in [4.69, 9.17) is 0 Å². The molecule has 0 atom stereocenters. The number of hydrogen-bond donors (Lipinski definition) is 0. The summed E-state index contributed by atoms with van der Waals surface area (Å²) in [6, 6.07) is 12.6. The minimum absolute atomic E-state index is 0.0775. The lowest BCUT2D eigenvalue weighted by atomic mass is 10.2. The summed E-state index contributed by atoms with van der Waals surface area (Å²) in [6.07, 6.45) is 1.62. The Hall–Kier alpha value is -2.69. The van der Waals surface area contributed by atoms with E-state index >= 15 is 0 Å². The average Bonchev–Trinajstić information content (AvgIpc) is 2.82. The van der Waals surface area contributed by atoms with Crippen LogP contribution in [0, 0.1) is 17.0 Å².